The van der Waals surface area contributed by atoms with E-state index in [1.54, 1.807) is 21.0 Å². The minimum absolute atomic E-state index is 0.0778. The Morgan fingerprint density at radius 2 is 1.55 bits per heavy atom. The Balaban J connectivity index is 1.54. The molecule has 2 aromatic carbocycles. The number of hydrogen-bond acceptors (Lipinski definition) is 9. The van der Waals surface area contributed by atoms with Crippen LogP contribution in [0.3, 0.4) is 0 Å². The molecule has 0 spiro atoms. The van der Waals surface area contributed by atoms with Crippen molar-refractivity contribution >= 4 is 28.0 Å². The van der Waals surface area contributed by atoms with E-state index in [2.05, 4.69) is 10.3 Å². The van der Waals surface area contributed by atoms with Gasteiger partial charge in [-0.05, 0) is 68.3 Å². The number of aromatic nitrogens is 1. The molecule has 38 heavy (non-hydrogen) atoms. The van der Waals surface area contributed by atoms with Crippen molar-refractivity contribution in [3.05, 3.63) is 83.6 Å². The largest absolute Gasteiger partial charge is 0.515 e. The molecule has 3 rings (SSSR count). The molecular weight excluding hydrogens is 514 g/mol. The maximum absolute atomic E-state index is 12.6. The van der Waals surface area contributed by atoms with Gasteiger partial charge < -0.3 is 19.5 Å². The van der Waals surface area contributed by atoms with E-state index in [-0.39, 0.29) is 33.9 Å². The SMILES string of the molecule is COc1ccc(CCNC(=O)c2ccc(S(=O)(=O)NC(=O)c3ccc(OC(=O)OC(C)C)nc3)cc2)cc1. The van der Waals surface area contributed by atoms with E-state index < -0.39 is 22.1 Å². The zero-order valence-corrected chi connectivity index (χ0v) is 21.8. The Kier molecular flexibility index (Phi) is 9.39. The van der Waals surface area contributed by atoms with E-state index in [0.717, 1.165) is 17.5 Å². The van der Waals surface area contributed by atoms with E-state index in [0.29, 0.717) is 13.0 Å². The first kappa shape index (κ1) is 28.1. The number of amides is 2. The topological polar surface area (TPSA) is 150 Å². The Morgan fingerprint density at radius 1 is 0.895 bits per heavy atom. The first-order valence-corrected chi connectivity index (χ1v) is 13.0. The molecular formula is C26H27N3O8S. The second kappa shape index (κ2) is 12.7. The summed E-state index contributed by atoms with van der Waals surface area (Å²) in [7, 11) is -2.64. The number of rotatable bonds is 10. The smallest absolute Gasteiger partial charge is 0.497 e. The summed E-state index contributed by atoms with van der Waals surface area (Å²) in [6.07, 6.45) is 0.327. The van der Waals surface area contributed by atoms with Crippen molar-refractivity contribution < 1.29 is 37.0 Å². The third-order valence-corrected chi connectivity index (χ3v) is 6.38. The van der Waals surface area contributed by atoms with Crippen molar-refractivity contribution in [1.29, 1.82) is 0 Å². The minimum Gasteiger partial charge on any atom is -0.497 e. The monoisotopic (exact) mass is 541 g/mol. The van der Waals surface area contributed by atoms with Crippen LogP contribution in [0.2, 0.25) is 0 Å². The lowest BCUT2D eigenvalue weighted by molar-refractivity contribution is 0.0715. The molecule has 0 fully saturated rings. The highest BCUT2D eigenvalue weighted by atomic mass is 32.2. The van der Waals surface area contributed by atoms with Gasteiger partial charge in [0.2, 0.25) is 5.88 Å². The number of sulfonamides is 1. The molecule has 0 radical (unpaired) electrons. The molecule has 1 heterocycles. The van der Waals surface area contributed by atoms with Crippen LogP contribution >= 0.6 is 0 Å². The molecule has 12 heteroatoms. The molecule has 2 amide bonds. The van der Waals surface area contributed by atoms with Gasteiger partial charge in [-0.3, -0.25) is 9.59 Å². The number of ether oxygens (including phenoxy) is 3. The number of nitrogens with one attached hydrogen (secondary N) is 2. The summed E-state index contributed by atoms with van der Waals surface area (Å²) in [5, 5.41) is 2.78. The highest BCUT2D eigenvalue weighted by Crippen LogP contribution is 2.14. The van der Waals surface area contributed by atoms with E-state index in [1.807, 2.05) is 29.0 Å². The van der Waals surface area contributed by atoms with Gasteiger partial charge in [-0.15, -0.1) is 0 Å². The van der Waals surface area contributed by atoms with E-state index in [9.17, 15) is 22.8 Å². The highest BCUT2D eigenvalue weighted by Gasteiger charge is 2.20. The molecule has 3 aromatic rings. The predicted molar refractivity (Wildman–Crippen MR) is 137 cm³/mol. The number of pyridine rings is 1. The maximum atomic E-state index is 12.6. The summed E-state index contributed by atoms with van der Waals surface area (Å²) in [5.74, 6) is -0.673. The number of carbonyl (C=O) groups excluding carboxylic acids is 3. The van der Waals surface area contributed by atoms with Crippen LogP contribution in [0, 0.1) is 0 Å². The molecule has 0 saturated heterocycles. The van der Waals surface area contributed by atoms with Gasteiger partial charge in [0.25, 0.3) is 21.8 Å². The van der Waals surface area contributed by atoms with Crippen molar-refractivity contribution in [1.82, 2.24) is 15.0 Å². The molecule has 0 saturated carbocycles. The molecule has 2 N–H and O–H groups in total. The average molecular weight is 542 g/mol. The average Bonchev–Trinajstić information content (AvgIpc) is 2.88. The van der Waals surface area contributed by atoms with Crippen LogP contribution in [0.4, 0.5) is 4.79 Å². The first-order valence-electron chi connectivity index (χ1n) is 11.5. The van der Waals surface area contributed by atoms with E-state index in [1.165, 1.54) is 36.4 Å². The minimum atomic E-state index is -4.23. The van der Waals surface area contributed by atoms with Gasteiger partial charge in [0.15, 0.2) is 0 Å². The van der Waals surface area contributed by atoms with Crippen molar-refractivity contribution in [3.63, 3.8) is 0 Å². The van der Waals surface area contributed by atoms with Crippen LogP contribution < -0.4 is 19.5 Å². The highest BCUT2D eigenvalue weighted by molar-refractivity contribution is 7.90. The molecule has 0 atom stereocenters. The van der Waals surface area contributed by atoms with Gasteiger partial charge in [0.1, 0.15) is 5.75 Å². The lowest BCUT2D eigenvalue weighted by atomic mass is 10.1. The lowest BCUT2D eigenvalue weighted by Gasteiger charge is -2.09. The zero-order chi connectivity index (χ0) is 27.7. The fraction of sp³-hybridized carbons (Fsp3) is 0.231. The predicted octanol–water partition coefficient (Wildman–Crippen LogP) is 3.11. The molecule has 0 unspecified atom stereocenters. The first-order chi connectivity index (χ1) is 18.1. The zero-order valence-electron chi connectivity index (χ0n) is 21.0. The van der Waals surface area contributed by atoms with Crippen molar-refractivity contribution in [2.24, 2.45) is 0 Å². The van der Waals surface area contributed by atoms with Crippen molar-refractivity contribution in [2.75, 3.05) is 13.7 Å². The molecule has 0 aliphatic rings. The summed E-state index contributed by atoms with van der Waals surface area (Å²) in [4.78, 5) is 39.9. The van der Waals surface area contributed by atoms with E-state index in [4.69, 9.17) is 14.2 Å². The van der Waals surface area contributed by atoms with Gasteiger partial charge in [0.05, 0.1) is 23.7 Å². The normalized spacial score (nSPS) is 10.9. The van der Waals surface area contributed by atoms with Gasteiger partial charge >= 0.3 is 6.16 Å². The Bertz CT molecular complexity index is 1370. The van der Waals surface area contributed by atoms with Crippen LogP contribution in [-0.2, 0) is 21.2 Å². The van der Waals surface area contributed by atoms with Crippen LogP contribution in [0.5, 0.6) is 11.6 Å². The Morgan fingerprint density at radius 3 is 2.13 bits per heavy atom. The molecule has 1 aromatic heterocycles. The lowest BCUT2D eigenvalue weighted by Crippen LogP contribution is -2.31. The third kappa shape index (κ3) is 8.03. The molecule has 11 nitrogen and oxygen atoms in total. The second-order valence-corrected chi connectivity index (χ2v) is 9.90. The van der Waals surface area contributed by atoms with Crippen LogP contribution in [0.25, 0.3) is 0 Å². The van der Waals surface area contributed by atoms with Crippen molar-refractivity contribution in [2.45, 2.75) is 31.3 Å². The third-order valence-electron chi connectivity index (χ3n) is 5.03. The fourth-order valence-corrected chi connectivity index (χ4v) is 4.09. The summed E-state index contributed by atoms with van der Waals surface area (Å²) in [5.41, 5.74) is 1.21. The summed E-state index contributed by atoms with van der Waals surface area (Å²) in [6.45, 7) is 3.69. The Labute approximate surface area is 220 Å². The van der Waals surface area contributed by atoms with Gasteiger partial charge in [0, 0.05) is 24.4 Å². The summed E-state index contributed by atoms with van der Waals surface area (Å²) in [6, 6.07) is 15.1. The van der Waals surface area contributed by atoms with Gasteiger partial charge in [-0.25, -0.2) is 22.9 Å². The van der Waals surface area contributed by atoms with Gasteiger partial charge in [-0.1, -0.05) is 12.1 Å². The molecule has 0 bridgehead atoms. The van der Waals surface area contributed by atoms with Crippen LogP contribution in [0.1, 0.15) is 40.1 Å². The van der Waals surface area contributed by atoms with Crippen LogP contribution in [0.15, 0.2) is 71.8 Å². The quantitative estimate of drug-likeness (QED) is 0.369. The maximum Gasteiger partial charge on any atom is 0.515 e. The second-order valence-electron chi connectivity index (χ2n) is 8.22. The van der Waals surface area contributed by atoms with E-state index >= 15 is 0 Å². The number of benzene rings is 2. The fourth-order valence-electron chi connectivity index (χ4n) is 3.12. The van der Waals surface area contributed by atoms with Crippen LogP contribution in [-0.4, -0.2) is 51.1 Å². The van der Waals surface area contributed by atoms with Crippen molar-refractivity contribution in [3.8, 4) is 11.6 Å². The number of nitrogens with zero attached hydrogens (tertiary/aromatic N) is 1. The Hall–Kier alpha value is -4.45. The molecule has 0 aliphatic carbocycles. The molecule has 0 aliphatic heterocycles. The summed E-state index contributed by atoms with van der Waals surface area (Å²) >= 11 is 0. The number of methoxy groups -OCH3 is 1. The number of carbonyl (C=O) groups is 3. The standard InChI is InChI=1S/C26H27N3O8S/c1-17(2)36-26(32)37-23-13-8-20(16-28-23)25(31)29-38(33,34)22-11-6-19(7-12-22)24(30)27-15-14-18-4-9-21(35-3)10-5-18/h4-13,16-17H,14-15H2,1-3H3,(H,27,30)(H,29,31). The summed E-state index contributed by atoms with van der Waals surface area (Å²) < 4.78 is 42.0. The molecule has 200 valence electrons. The van der Waals surface area contributed by atoms with Gasteiger partial charge in [-0.2, -0.15) is 0 Å². The number of hydrogen-bond donors (Lipinski definition) is 2.